The van der Waals surface area contributed by atoms with Crippen LogP contribution < -0.4 is 14.8 Å². The third-order valence-corrected chi connectivity index (χ3v) is 3.48. The molecular weight excluding hydrogens is 288 g/mol. The van der Waals surface area contributed by atoms with E-state index in [0.717, 1.165) is 11.3 Å². The minimum absolute atomic E-state index is 0.539. The maximum Gasteiger partial charge on any atom is 0.163 e. The summed E-state index contributed by atoms with van der Waals surface area (Å²) < 4.78 is 11.0. The number of hydrogen-bond acceptors (Lipinski definition) is 4. The highest BCUT2D eigenvalue weighted by atomic mass is 35.5. The van der Waals surface area contributed by atoms with Crippen molar-refractivity contribution in [2.45, 2.75) is 6.54 Å². The highest BCUT2D eigenvalue weighted by Gasteiger charge is 2.14. The Balaban J connectivity index is 1.77. The number of halogens is 1. The first-order valence-corrected chi connectivity index (χ1v) is 6.96. The normalized spacial score (nSPS) is 12.6. The summed E-state index contributed by atoms with van der Waals surface area (Å²) in [6.07, 6.45) is 0. The minimum atomic E-state index is 0.539. The molecule has 0 radical (unpaired) electrons. The highest BCUT2D eigenvalue weighted by Crippen LogP contribution is 2.38. The number of anilines is 1. The summed E-state index contributed by atoms with van der Waals surface area (Å²) in [5.74, 6) is 1.36. The maximum atomic E-state index is 8.90. The van der Waals surface area contributed by atoms with E-state index in [2.05, 4.69) is 11.4 Å². The van der Waals surface area contributed by atoms with E-state index in [0.29, 0.717) is 41.8 Å². The molecule has 0 unspecified atom stereocenters. The van der Waals surface area contributed by atoms with Crippen molar-refractivity contribution in [3.05, 3.63) is 52.5 Å². The van der Waals surface area contributed by atoms with Gasteiger partial charge in [0.2, 0.25) is 0 Å². The van der Waals surface area contributed by atoms with Gasteiger partial charge < -0.3 is 14.8 Å². The number of fused-ring (bicyclic) bond motifs is 1. The van der Waals surface area contributed by atoms with E-state index in [4.69, 9.17) is 26.3 Å². The van der Waals surface area contributed by atoms with Gasteiger partial charge in [-0.15, -0.1) is 0 Å². The molecule has 0 bridgehead atoms. The molecule has 0 spiro atoms. The molecule has 0 aliphatic carbocycles. The van der Waals surface area contributed by atoms with Crippen LogP contribution >= 0.6 is 11.6 Å². The standard InChI is InChI=1S/C16H13ClN2O2/c17-13-7-15-16(21-5-4-20-15)8-14(13)19-10-12-3-1-2-11(6-12)9-18/h1-3,6-8,19H,4-5,10H2. The average Bonchev–Trinajstić information content (AvgIpc) is 2.53. The average molecular weight is 301 g/mol. The second-order valence-corrected chi connectivity index (χ2v) is 5.05. The van der Waals surface area contributed by atoms with E-state index in [1.807, 2.05) is 24.3 Å². The summed E-state index contributed by atoms with van der Waals surface area (Å²) in [5, 5.41) is 12.7. The molecule has 1 aliphatic rings. The molecule has 0 atom stereocenters. The van der Waals surface area contributed by atoms with Crippen LogP contribution in [0.1, 0.15) is 11.1 Å². The molecule has 4 nitrogen and oxygen atoms in total. The summed E-state index contributed by atoms with van der Waals surface area (Å²) in [6.45, 7) is 1.66. The second-order valence-electron chi connectivity index (χ2n) is 4.64. The Morgan fingerprint density at radius 3 is 2.67 bits per heavy atom. The predicted octanol–water partition coefficient (Wildman–Crippen LogP) is 3.59. The van der Waals surface area contributed by atoms with E-state index < -0.39 is 0 Å². The molecule has 0 saturated carbocycles. The van der Waals surface area contributed by atoms with Crippen molar-refractivity contribution in [1.29, 1.82) is 5.26 Å². The summed E-state index contributed by atoms with van der Waals surface area (Å²) in [5.41, 5.74) is 2.44. The summed E-state index contributed by atoms with van der Waals surface area (Å²) in [6, 6.07) is 13.2. The number of rotatable bonds is 3. The van der Waals surface area contributed by atoms with Crippen molar-refractivity contribution in [3.8, 4) is 17.6 Å². The first-order valence-electron chi connectivity index (χ1n) is 6.58. The van der Waals surface area contributed by atoms with E-state index in [-0.39, 0.29) is 0 Å². The topological polar surface area (TPSA) is 54.3 Å². The van der Waals surface area contributed by atoms with Crippen molar-refractivity contribution >= 4 is 17.3 Å². The molecule has 1 aliphatic heterocycles. The van der Waals surface area contributed by atoms with Gasteiger partial charge in [-0.05, 0) is 17.7 Å². The molecule has 2 aromatic rings. The molecule has 1 heterocycles. The third kappa shape index (κ3) is 3.04. The van der Waals surface area contributed by atoms with Gasteiger partial charge in [-0.2, -0.15) is 5.26 Å². The fraction of sp³-hybridized carbons (Fsp3) is 0.188. The smallest absolute Gasteiger partial charge is 0.163 e. The minimum Gasteiger partial charge on any atom is -0.486 e. The van der Waals surface area contributed by atoms with Gasteiger partial charge in [0.05, 0.1) is 22.3 Å². The van der Waals surface area contributed by atoms with E-state index in [9.17, 15) is 0 Å². The lowest BCUT2D eigenvalue weighted by Crippen LogP contribution is -2.15. The van der Waals surface area contributed by atoms with Crippen LogP contribution in [-0.2, 0) is 6.54 Å². The van der Waals surface area contributed by atoms with Gasteiger partial charge in [0.25, 0.3) is 0 Å². The number of nitriles is 1. The molecule has 5 heteroatoms. The first-order chi connectivity index (χ1) is 10.3. The Morgan fingerprint density at radius 2 is 1.90 bits per heavy atom. The van der Waals surface area contributed by atoms with Gasteiger partial charge in [0.1, 0.15) is 13.2 Å². The van der Waals surface area contributed by atoms with Gasteiger partial charge in [-0.1, -0.05) is 23.7 Å². The number of ether oxygens (including phenoxy) is 2. The molecule has 1 N–H and O–H groups in total. The number of nitrogens with one attached hydrogen (secondary N) is 1. The van der Waals surface area contributed by atoms with Gasteiger partial charge in [0, 0.05) is 18.7 Å². The largest absolute Gasteiger partial charge is 0.486 e. The Labute approximate surface area is 127 Å². The number of benzene rings is 2. The number of nitrogens with zero attached hydrogens (tertiary/aromatic N) is 1. The second kappa shape index (κ2) is 5.94. The zero-order valence-electron chi connectivity index (χ0n) is 11.2. The van der Waals surface area contributed by atoms with Gasteiger partial charge in [-0.25, -0.2) is 0 Å². The fourth-order valence-corrected chi connectivity index (χ4v) is 2.37. The quantitative estimate of drug-likeness (QED) is 0.941. The molecule has 0 fully saturated rings. The molecule has 0 saturated heterocycles. The first kappa shape index (κ1) is 13.6. The van der Waals surface area contributed by atoms with Crippen LogP contribution in [-0.4, -0.2) is 13.2 Å². The lowest BCUT2D eigenvalue weighted by molar-refractivity contribution is 0.171. The van der Waals surface area contributed by atoms with Gasteiger partial charge in [0.15, 0.2) is 11.5 Å². The van der Waals surface area contributed by atoms with Crippen LogP contribution in [0.15, 0.2) is 36.4 Å². The van der Waals surface area contributed by atoms with Crippen LogP contribution in [0.4, 0.5) is 5.69 Å². The molecular formula is C16H13ClN2O2. The monoisotopic (exact) mass is 300 g/mol. The fourth-order valence-electron chi connectivity index (χ4n) is 2.15. The van der Waals surface area contributed by atoms with Crippen molar-refractivity contribution in [1.82, 2.24) is 0 Å². The van der Waals surface area contributed by atoms with Crippen LogP contribution in [0.25, 0.3) is 0 Å². The van der Waals surface area contributed by atoms with Gasteiger partial charge in [-0.3, -0.25) is 0 Å². The predicted molar refractivity (Wildman–Crippen MR) is 80.9 cm³/mol. The lowest BCUT2D eigenvalue weighted by Gasteiger charge is -2.20. The Kier molecular flexibility index (Phi) is 3.85. The third-order valence-electron chi connectivity index (χ3n) is 3.17. The maximum absolute atomic E-state index is 8.90. The SMILES string of the molecule is N#Cc1cccc(CNc2cc3c(cc2Cl)OCCO3)c1. The lowest BCUT2D eigenvalue weighted by atomic mass is 10.1. The van der Waals surface area contributed by atoms with Crippen molar-refractivity contribution in [2.24, 2.45) is 0 Å². The molecule has 0 aromatic heterocycles. The Bertz CT molecular complexity index is 710. The van der Waals surface area contributed by atoms with Crippen molar-refractivity contribution in [3.63, 3.8) is 0 Å². The molecule has 2 aromatic carbocycles. The highest BCUT2D eigenvalue weighted by molar-refractivity contribution is 6.33. The Morgan fingerprint density at radius 1 is 1.14 bits per heavy atom. The zero-order valence-corrected chi connectivity index (χ0v) is 12.0. The zero-order chi connectivity index (χ0) is 14.7. The Hall–Kier alpha value is -2.38. The molecule has 3 rings (SSSR count). The van der Waals surface area contributed by atoms with Crippen molar-refractivity contribution in [2.75, 3.05) is 18.5 Å². The van der Waals surface area contributed by atoms with E-state index >= 15 is 0 Å². The summed E-state index contributed by atoms with van der Waals surface area (Å²) >= 11 is 6.24. The van der Waals surface area contributed by atoms with Crippen molar-refractivity contribution < 1.29 is 9.47 Å². The van der Waals surface area contributed by atoms with Crippen LogP contribution in [0.2, 0.25) is 5.02 Å². The van der Waals surface area contributed by atoms with Crippen LogP contribution in [0.5, 0.6) is 11.5 Å². The summed E-state index contributed by atoms with van der Waals surface area (Å²) in [4.78, 5) is 0. The summed E-state index contributed by atoms with van der Waals surface area (Å²) in [7, 11) is 0. The molecule has 106 valence electrons. The van der Waals surface area contributed by atoms with E-state index in [1.54, 1.807) is 12.1 Å². The van der Waals surface area contributed by atoms with Crippen LogP contribution in [0, 0.1) is 11.3 Å². The molecule has 21 heavy (non-hydrogen) atoms. The number of hydrogen-bond donors (Lipinski definition) is 1. The van der Waals surface area contributed by atoms with E-state index in [1.165, 1.54) is 0 Å². The van der Waals surface area contributed by atoms with Gasteiger partial charge >= 0.3 is 0 Å². The van der Waals surface area contributed by atoms with Crippen LogP contribution in [0.3, 0.4) is 0 Å². The molecule has 0 amide bonds.